The normalized spacial score (nSPS) is 20.6. The fourth-order valence-electron chi connectivity index (χ4n) is 6.00. The fraction of sp³-hybridized carbons (Fsp3) is 0.467. The molecule has 222 valence electrons. The van der Waals surface area contributed by atoms with Gasteiger partial charge in [0.05, 0.1) is 29.1 Å². The molecule has 1 saturated carbocycles. The molecular formula is C30H36FN7O4. The Morgan fingerprint density at radius 3 is 2.64 bits per heavy atom. The van der Waals surface area contributed by atoms with E-state index in [1.807, 2.05) is 37.9 Å². The first-order valence-electron chi connectivity index (χ1n) is 14.2. The maximum Gasteiger partial charge on any atom is 0.410 e. The molecule has 0 bridgehead atoms. The van der Waals surface area contributed by atoms with Gasteiger partial charge in [0.25, 0.3) is 5.91 Å². The van der Waals surface area contributed by atoms with Crippen LogP contribution in [-0.2, 0) is 11.8 Å². The molecule has 11 nitrogen and oxygen atoms in total. The highest BCUT2D eigenvalue weighted by atomic mass is 19.1. The number of pyridine rings is 1. The van der Waals surface area contributed by atoms with Crippen molar-refractivity contribution in [3.05, 3.63) is 53.9 Å². The molecule has 2 aliphatic rings. The van der Waals surface area contributed by atoms with Crippen LogP contribution in [0.25, 0.3) is 16.6 Å². The first-order chi connectivity index (χ1) is 19.9. The molecule has 0 radical (unpaired) electrons. The highest BCUT2D eigenvalue weighted by molar-refractivity contribution is 6.14. The van der Waals surface area contributed by atoms with E-state index in [1.165, 1.54) is 6.07 Å². The summed E-state index contributed by atoms with van der Waals surface area (Å²) in [6.45, 7) is 8.63. The maximum absolute atomic E-state index is 14.6. The maximum atomic E-state index is 14.6. The van der Waals surface area contributed by atoms with Crippen LogP contribution in [0.15, 0.2) is 36.8 Å². The van der Waals surface area contributed by atoms with Crippen molar-refractivity contribution < 1.29 is 23.8 Å². The smallest absolute Gasteiger partial charge is 0.410 e. The van der Waals surface area contributed by atoms with E-state index in [9.17, 15) is 19.1 Å². The third-order valence-electron chi connectivity index (χ3n) is 7.88. The summed E-state index contributed by atoms with van der Waals surface area (Å²) in [5.41, 5.74) is 2.37. The minimum Gasteiger partial charge on any atom is -0.444 e. The third kappa shape index (κ3) is 5.26. The zero-order chi connectivity index (χ0) is 29.9. The standard InChI is InChI=1S/C30H36FN7O4/c1-17-13-37-14-18(10-24(31)27(37)32-17)33-28(40)22-6-7-25(23-16-35(5)34-26(22)23)36-9-8-19(15-36)38(20-11-21(39)12-20)29(41)42-30(2,3)4/h6-7,10,13-14,16,19-21,39H,8-9,11-12,15H2,1-5H3,(H,33,40)/t19-,20?,21?/m0/s1. The second-order valence-corrected chi connectivity index (χ2v) is 12.4. The van der Waals surface area contributed by atoms with E-state index in [1.54, 1.807) is 41.5 Å². The molecule has 3 aromatic heterocycles. The van der Waals surface area contributed by atoms with Crippen molar-refractivity contribution in [2.24, 2.45) is 7.05 Å². The lowest BCUT2D eigenvalue weighted by atomic mass is 9.87. The molecule has 1 atom stereocenters. The number of aliphatic hydroxyl groups is 1. The third-order valence-corrected chi connectivity index (χ3v) is 7.88. The lowest BCUT2D eigenvalue weighted by Gasteiger charge is -2.43. The predicted molar refractivity (Wildman–Crippen MR) is 156 cm³/mol. The second-order valence-electron chi connectivity index (χ2n) is 12.4. The summed E-state index contributed by atoms with van der Waals surface area (Å²) in [5.74, 6) is -0.931. The quantitative estimate of drug-likeness (QED) is 0.364. The van der Waals surface area contributed by atoms with E-state index in [0.29, 0.717) is 48.4 Å². The summed E-state index contributed by atoms with van der Waals surface area (Å²) in [6.07, 6.45) is 6.29. The van der Waals surface area contributed by atoms with Gasteiger partial charge in [0.2, 0.25) is 0 Å². The van der Waals surface area contributed by atoms with Crippen LogP contribution in [0.2, 0.25) is 0 Å². The van der Waals surface area contributed by atoms with Gasteiger partial charge in [-0.25, -0.2) is 14.2 Å². The number of ether oxygens (including phenoxy) is 1. The number of amides is 2. The van der Waals surface area contributed by atoms with Gasteiger partial charge in [0, 0.05) is 61.9 Å². The molecule has 1 saturated heterocycles. The van der Waals surface area contributed by atoms with Gasteiger partial charge < -0.3 is 29.4 Å². The highest BCUT2D eigenvalue weighted by Crippen LogP contribution is 2.36. The number of nitrogens with one attached hydrogen (secondary N) is 1. The van der Waals surface area contributed by atoms with E-state index in [-0.39, 0.29) is 23.8 Å². The topological polar surface area (TPSA) is 117 Å². The van der Waals surface area contributed by atoms with Crippen LogP contribution in [0.5, 0.6) is 0 Å². The summed E-state index contributed by atoms with van der Waals surface area (Å²) < 4.78 is 23.6. The number of aliphatic hydroxyl groups excluding tert-OH is 1. The largest absolute Gasteiger partial charge is 0.444 e. The molecule has 6 rings (SSSR count). The molecule has 2 fully saturated rings. The van der Waals surface area contributed by atoms with E-state index in [4.69, 9.17) is 4.74 Å². The zero-order valence-electron chi connectivity index (χ0n) is 24.5. The van der Waals surface area contributed by atoms with Crippen molar-refractivity contribution in [3.63, 3.8) is 0 Å². The molecule has 2 N–H and O–H groups in total. The van der Waals surface area contributed by atoms with Crippen molar-refractivity contribution in [3.8, 4) is 0 Å². The van der Waals surface area contributed by atoms with Crippen LogP contribution in [0.1, 0.15) is 56.1 Å². The number of halogens is 1. The van der Waals surface area contributed by atoms with Gasteiger partial charge in [-0.05, 0) is 59.1 Å². The summed E-state index contributed by atoms with van der Waals surface area (Å²) in [6, 6.07) is 4.75. The van der Waals surface area contributed by atoms with E-state index >= 15 is 0 Å². The number of hydrogen-bond donors (Lipinski definition) is 2. The molecule has 1 aliphatic carbocycles. The van der Waals surface area contributed by atoms with Gasteiger partial charge >= 0.3 is 6.09 Å². The Labute approximate surface area is 242 Å². The van der Waals surface area contributed by atoms with Crippen molar-refractivity contribution in [1.29, 1.82) is 0 Å². The Morgan fingerprint density at radius 1 is 1.17 bits per heavy atom. The number of rotatable bonds is 5. The van der Waals surface area contributed by atoms with Crippen molar-refractivity contribution >= 4 is 39.9 Å². The molecule has 0 spiro atoms. The number of anilines is 2. The molecule has 2 amide bonds. The molecule has 12 heteroatoms. The van der Waals surface area contributed by atoms with E-state index in [0.717, 1.165) is 17.5 Å². The first-order valence-corrected chi connectivity index (χ1v) is 14.2. The number of carbonyl (C=O) groups is 2. The molecule has 42 heavy (non-hydrogen) atoms. The number of fused-ring (bicyclic) bond motifs is 2. The van der Waals surface area contributed by atoms with Gasteiger partial charge in [-0.1, -0.05) is 0 Å². The number of aryl methyl sites for hydroxylation is 2. The van der Waals surface area contributed by atoms with Crippen molar-refractivity contribution in [1.82, 2.24) is 24.1 Å². The van der Waals surface area contributed by atoms with E-state index in [2.05, 4.69) is 20.3 Å². The van der Waals surface area contributed by atoms with Crippen molar-refractivity contribution in [2.45, 2.75) is 70.7 Å². The molecule has 1 aliphatic heterocycles. The number of hydrogen-bond acceptors (Lipinski definition) is 7. The Bertz CT molecular complexity index is 1680. The van der Waals surface area contributed by atoms with Crippen LogP contribution in [-0.4, -0.2) is 78.1 Å². The SMILES string of the molecule is Cc1cn2cc(NC(=O)c3ccc(N4CC[C@H](N(C(=O)OC(C)(C)C)C5CC(O)C5)C4)c4cn(C)nc34)cc(F)c2n1. The first kappa shape index (κ1) is 28.0. The number of benzene rings is 1. The van der Waals surface area contributed by atoms with E-state index < -0.39 is 23.4 Å². The molecule has 1 aromatic carbocycles. The van der Waals surface area contributed by atoms with Crippen LogP contribution in [0.3, 0.4) is 0 Å². The average Bonchev–Trinajstić information content (AvgIpc) is 3.59. The Hall–Kier alpha value is -4.19. The van der Waals surface area contributed by atoms with Crippen LogP contribution >= 0.6 is 0 Å². The monoisotopic (exact) mass is 577 g/mol. The fourth-order valence-corrected chi connectivity index (χ4v) is 6.00. The van der Waals surface area contributed by atoms with Gasteiger partial charge in [0.15, 0.2) is 11.5 Å². The second kappa shape index (κ2) is 10.3. The summed E-state index contributed by atoms with van der Waals surface area (Å²) in [4.78, 5) is 34.8. The van der Waals surface area contributed by atoms with Gasteiger partial charge in [-0.15, -0.1) is 0 Å². The Kier molecular flexibility index (Phi) is 6.83. The lowest BCUT2D eigenvalue weighted by molar-refractivity contribution is -0.0353. The Balaban J connectivity index is 1.25. The molecule has 4 aromatic rings. The van der Waals surface area contributed by atoms with Gasteiger partial charge in [-0.2, -0.15) is 5.10 Å². The van der Waals surface area contributed by atoms with Crippen LogP contribution in [0.4, 0.5) is 20.6 Å². The highest BCUT2D eigenvalue weighted by Gasteiger charge is 2.43. The lowest BCUT2D eigenvalue weighted by Crippen LogP contribution is -2.56. The number of imidazole rings is 1. The molecular weight excluding hydrogens is 541 g/mol. The Morgan fingerprint density at radius 2 is 1.93 bits per heavy atom. The summed E-state index contributed by atoms with van der Waals surface area (Å²) in [7, 11) is 1.80. The van der Waals surface area contributed by atoms with Crippen LogP contribution < -0.4 is 10.2 Å². The average molecular weight is 578 g/mol. The summed E-state index contributed by atoms with van der Waals surface area (Å²) in [5, 5.41) is 18.1. The zero-order valence-corrected chi connectivity index (χ0v) is 24.5. The number of aromatic nitrogens is 4. The minimum atomic E-state index is -0.622. The summed E-state index contributed by atoms with van der Waals surface area (Å²) >= 11 is 0. The predicted octanol–water partition coefficient (Wildman–Crippen LogP) is 4.26. The molecule has 4 heterocycles. The number of carbonyl (C=O) groups excluding carboxylic acids is 2. The van der Waals surface area contributed by atoms with Gasteiger partial charge in [-0.3, -0.25) is 9.48 Å². The minimum absolute atomic E-state index is 0.0559. The van der Waals surface area contributed by atoms with Crippen LogP contribution in [0, 0.1) is 12.7 Å². The van der Waals surface area contributed by atoms with Gasteiger partial charge in [0.1, 0.15) is 11.1 Å². The number of nitrogens with zero attached hydrogens (tertiary/aromatic N) is 6. The van der Waals surface area contributed by atoms with Crippen molar-refractivity contribution in [2.75, 3.05) is 23.3 Å². The molecule has 0 unspecified atom stereocenters.